The van der Waals surface area contributed by atoms with Crippen LogP contribution in [0.2, 0.25) is 0 Å². The second-order valence-corrected chi connectivity index (χ2v) is 7.03. The molecule has 0 aliphatic carbocycles. The van der Waals surface area contributed by atoms with Crippen LogP contribution in [-0.2, 0) is 16.3 Å². The largest absolute Gasteiger partial charge is 0.534 e. The number of aromatic nitrogens is 1. The number of halogens is 12. The number of nitrogens with zero attached hydrogens (tertiary/aromatic N) is 2. The van der Waals surface area contributed by atoms with Crippen molar-refractivity contribution in [3.8, 4) is 5.88 Å². The first-order chi connectivity index (χ1) is 13.1. The highest BCUT2D eigenvalue weighted by molar-refractivity contribution is 7.87. The second-order valence-electron chi connectivity index (χ2n) is 5.49. The molecule has 0 bridgehead atoms. The van der Waals surface area contributed by atoms with E-state index in [-0.39, 0.29) is 13.1 Å². The van der Waals surface area contributed by atoms with E-state index in [4.69, 9.17) is 0 Å². The van der Waals surface area contributed by atoms with E-state index in [2.05, 4.69) is 9.17 Å². The molecule has 18 heteroatoms. The van der Waals surface area contributed by atoms with E-state index in [9.17, 15) is 61.1 Å². The molecule has 0 aliphatic rings. The summed E-state index contributed by atoms with van der Waals surface area (Å²) in [6.07, 6.45) is -16.6. The molecule has 5 nitrogen and oxygen atoms in total. The van der Waals surface area contributed by atoms with Gasteiger partial charge in [0, 0.05) is 0 Å². The summed E-state index contributed by atoms with van der Waals surface area (Å²) >= 11 is 0. The van der Waals surface area contributed by atoms with Gasteiger partial charge in [0.05, 0.1) is 11.9 Å². The van der Waals surface area contributed by atoms with Crippen molar-refractivity contribution < 1.29 is 65.3 Å². The zero-order valence-electron chi connectivity index (χ0n) is 14.0. The number of rotatable bonds is 5. The molecular weight excluding hydrogens is 480 g/mol. The first-order valence-corrected chi connectivity index (χ1v) is 8.45. The number of anilines is 1. The summed E-state index contributed by atoms with van der Waals surface area (Å²) in [5, 5.41) is 0. The van der Waals surface area contributed by atoms with Crippen molar-refractivity contribution in [2.75, 3.05) is 11.4 Å². The van der Waals surface area contributed by atoms with E-state index >= 15 is 0 Å². The van der Waals surface area contributed by atoms with Crippen molar-refractivity contribution in [2.24, 2.45) is 0 Å². The maximum absolute atomic E-state index is 13.1. The van der Waals surface area contributed by atoms with Crippen LogP contribution in [0.1, 0.15) is 12.5 Å². The Morgan fingerprint density at radius 3 is 1.87 bits per heavy atom. The van der Waals surface area contributed by atoms with Crippen molar-refractivity contribution in [2.45, 2.75) is 37.0 Å². The Hall–Kier alpha value is -2.14. The monoisotopic (exact) mass is 488 g/mol. The molecular formula is C12H8F12N2O3S. The summed E-state index contributed by atoms with van der Waals surface area (Å²) in [6, 6.07) is -3.45. The minimum Gasteiger partial charge on any atom is -0.355 e. The molecule has 1 rings (SSSR count). The van der Waals surface area contributed by atoms with Crippen LogP contribution in [0.15, 0.2) is 12.3 Å². The van der Waals surface area contributed by atoms with Crippen molar-refractivity contribution >= 4 is 15.8 Å². The van der Waals surface area contributed by atoms with Gasteiger partial charge in [0.2, 0.25) is 5.88 Å². The van der Waals surface area contributed by atoms with Gasteiger partial charge in [-0.1, -0.05) is 0 Å². The summed E-state index contributed by atoms with van der Waals surface area (Å²) in [7, 11) is -6.67. The average molecular weight is 488 g/mol. The lowest BCUT2D eigenvalue weighted by Gasteiger charge is -2.33. The SMILES string of the molecule is CC(N(CC(F)(F)F)c1cnc(OS(=O)(=O)C(F)(F)F)c(C(F)(F)F)c1)C(F)(F)F. The maximum atomic E-state index is 13.1. The lowest BCUT2D eigenvalue weighted by Crippen LogP contribution is -2.48. The van der Waals surface area contributed by atoms with Gasteiger partial charge >= 0.3 is 34.2 Å². The minimum absolute atomic E-state index is 0.121. The molecule has 0 N–H and O–H groups in total. The van der Waals surface area contributed by atoms with Crippen LogP contribution in [0, 0.1) is 0 Å². The summed E-state index contributed by atoms with van der Waals surface area (Å²) in [5.74, 6) is -2.24. The number of pyridine rings is 1. The Labute approximate surface area is 159 Å². The van der Waals surface area contributed by atoms with Gasteiger partial charge in [-0.25, -0.2) is 4.98 Å². The van der Waals surface area contributed by atoms with Crippen LogP contribution < -0.4 is 9.08 Å². The van der Waals surface area contributed by atoms with Gasteiger partial charge in [-0.3, -0.25) is 0 Å². The molecule has 0 aromatic carbocycles. The summed E-state index contributed by atoms with van der Waals surface area (Å²) in [4.78, 5) is 1.97. The molecule has 174 valence electrons. The molecule has 1 atom stereocenters. The van der Waals surface area contributed by atoms with Crippen LogP contribution in [-0.4, -0.2) is 43.8 Å². The molecule has 0 saturated carbocycles. The van der Waals surface area contributed by atoms with E-state index in [1.807, 2.05) is 0 Å². The topological polar surface area (TPSA) is 59.5 Å². The van der Waals surface area contributed by atoms with Gasteiger partial charge in [-0.05, 0) is 13.0 Å². The van der Waals surface area contributed by atoms with Gasteiger partial charge in [-0.15, -0.1) is 0 Å². The lowest BCUT2D eigenvalue weighted by molar-refractivity contribution is -0.156. The third kappa shape index (κ3) is 6.43. The fraction of sp³-hybridized carbons (Fsp3) is 0.583. The van der Waals surface area contributed by atoms with Crippen molar-refractivity contribution in [3.05, 3.63) is 17.8 Å². The summed E-state index contributed by atoms with van der Waals surface area (Å²) < 4.78 is 178. The van der Waals surface area contributed by atoms with Crippen LogP contribution >= 0.6 is 0 Å². The van der Waals surface area contributed by atoms with E-state index in [0.29, 0.717) is 0 Å². The van der Waals surface area contributed by atoms with E-state index in [1.165, 1.54) is 0 Å². The Kier molecular flexibility index (Phi) is 6.77. The predicted octanol–water partition coefficient (Wildman–Crippen LogP) is 4.65. The Morgan fingerprint density at radius 2 is 1.50 bits per heavy atom. The fourth-order valence-corrected chi connectivity index (χ4v) is 2.28. The second kappa shape index (κ2) is 7.84. The van der Waals surface area contributed by atoms with Crippen molar-refractivity contribution in [3.63, 3.8) is 0 Å². The Morgan fingerprint density at radius 1 is 1.00 bits per heavy atom. The third-order valence-electron chi connectivity index (χ3n) is 3.24. The van der Waals surface area contributed by atoms with E-state index < -0.39 is 74.8 Å². The average Bonchev–Trinajstić information content (AvgIpc) is 2.48. The first-order valence-electron chi connectivity index (χ1n) is 7.04. The Balaban J connectivity index is 3.61. The van der Waals surface area contributed by atoms with E-state index in [0.717, 1.165) is 0 Å². The smallest absolute Gasteiger partial charge is 0.355 e. The zero-order chi connectivity index (χ0) is 23.9. The first kappa shape index (κ1) is 25.9. The van der Waals surface area contributed by atoms with Gasteiger partial charge in [0.25, 0.3) is 0 Å². The van der Waals surface area contributed by atoms with Crippen LogP contribution in [0.25, 0.3) is 0 Å². The fourth-order valence-electron chi connectivity index (χ4n) is 1.84. The zero-order valence-corrected chi connectivity index (χ0v) is 14.8. The predicted molar refractivity (Wildman–Crippen MR) is 73.8 cm³/mol. The summed E-state index contributed by atoms with van der Waals surface area (Å²) in [6.45, 7) is -2.23. The minimum atomic E-state index is -6.67. The molecule has 1 aromatic rings. The normalized spacial score (nSPS) is 15.1. The molecule has 0 fully saturated rings. The lowest BCUT2D eigenvalue weighted by atomic mass is 10.2. The molecule has 1 aromatic heterocycles. The quantitative estimate of drug-likeness (QED) is 0.343. The molecule has 1 unspecified atom stereocenters. The number of alkyl halides is 12. The van der Waals surface area contributed by atoms with E-state index in [1.54, 1.807) is 0 Å². The molecule has 1 heterocycles. The molecule has 0 amide bonds. The van der Waals surface area contributed by atoms with Crippen LogP contribution in [0.4, 0.5) is 58.4 Å². The summed E-state index contributed by atoms with van der Waals surface area (Å²) in [5.41, 5.74) is -10.1. The van der Waals surface area contributed by atoms with Crippen LogP contribution in [0.5, 0.6) is 5.88 Å². The van der Waals surface area contributed by atoms with Gasteiger partial charge in [0.1, 0.15) is 18.2 Å². The standard InChI is InChI=1S/C12H8F12N2O3S/c1-5(10(16,17)18)26(4-9(13,14)15)6-2-7(11(19,20)21)8(25-3-6)29-30(27,28)12(22,23)24/h2-3,5H,4H2,1H3. The highest BCUT2D eigenvalue weighted by Crippen LogP contribution is 2.40. The number of hydrogen-bond donors (Lipinski definition) is 0. The molecule has 0 aliphatic heterocycles. The third-order valence-corrected chi connectivity index (χ3v) is 4.18. The highest BCUT2D eigenvalue weighted by Gasteiger charge is 2.51. The molecule has 0 saturated heterocycles. The molecule has 0 spiro atoms. The molecule has 0 radical (unpaired) electrons. The maximum Gasteiger partial charge on any atom is 0.534 e. The van der Waals surface area contributed by atoms with Crippen molar-refractivity contribution in [1.29, 1.82) is 0 Å². The van der Waals surface area contributed by atoms with Crippen molar-refractivity contribution in [1.82, 2.24) is 4.98 Å². The van der Waals surface area contributed by atoms with Gasteiger partial charge in [0.15, 0.2) is 0 Å². The number of hydrogen-bond acceptors (Lipinski definition) is 5. The van der Waals surface area contributed by atoms with Gasteiger partial charge < -0.3 is 9.08 Å². The Bertz CT molecular complexity index is 857. The van der Waals surface area contributed by atoms with Crippen LogP contribution in [0.3, 0.4) is 0 Å². The highest BCUT2D eigenvalue weighted by atomic mass is 32.2. The molecule has 30 heavy (non-hydrogen) atoms. The van der Waals surface area contributed by atoms with Gasteiger partial charge in [-0.2, -0.15) is 61.1 Å².